The maximum absolute atomic E-state index is 8.82. The highest BCUT2D eigenvalue weighted by atomic mass is 16.3. The largest absolute Gasteiger partial charge is 0.396 e. The average Bonchev–Trinajstić information content (AvgIpc) is 2.18. The zero-order chi connectivity index (χ0) is 9.90. The molecule has 1 nitrogen and oxygen atoms in total. The van der Waals surface area contributed by atoms with Gasteiger partial charge in [-0.05, 0) is 17.9 Å². The quantitative estimate of drug-likeness (QED) is 0.703. The molecular weight excluding hydrogens is 136 g/mol. The third kappa shape index (κ3) is 2.35. The lowest BCUT2D eigenvalue weighted by atomic mass is 9.99. The van der Waals surface area contributed by atoms with E-state index in [1.165, 1.54) is 0 Å². The number of hydrogen-bond donors (Lipinski definition) is 1. The molecule has 0 spiro atoms. The van der Waals surface area contributed by atoms with Crippen molar-refractivity contribution in [3.05, 3.63) is 35.9 Å². The topological polar surface area (TPSA) is 20.2 Å². The number of benzene rings is 1. The fourth-order valence-corrected chi connectivity index (χ4v) is 0.956. The predicted octanol–water partition coefficient (Wildman–Crippen LogP) is 2.17. The molecule has 0 unspecified atom stereocenters. The van der Waals surface area contributed by atoms with Gasteiger partial charge < -0.3 is 5.11 Å². The lowest BCUT2D eigenvalue weighted by molar-refractivity contribution is 0.278. The molecule has 60 valence electrons. The smallest absolute Gasteiger partial charge is 0.0436 e. The van der Waals surface area contributed by atoms with Crippen LogP contribution in [0.4, 0.5) is 0 Å². The van der Waals surface area contributed by atoms with Gasteiger partial charge in [-0.1, -0.05) is 37.3 Å². The third-order valence-electron chi connectivity index (χ3n) is 1.63. The van der Waals surface area contributed by atoms with E-state index < -0.39 is 12.3 Å². The summed E-state index contributed by atoms with van der Waals surface area (Å²) >= 11 is 0. The van der Waals surface area contributed by atoms with Crippen LogP contribution in [0.5, 0.6) is 0 Å². The van der Waals surface area contributed by atoms with Crippen molar-refractivity contribution < 1.29 is 7.85 Å². The molecule has 0 aromatic heterocycles. The van der Waals surface area contributed by atoms with E-state index >= 15 is 0 Å². The van der Waals surface area contributed by atoms with Crippen LogP contribution in [0.25, 0.3) is 0 Å². The minimum atomic E-state index is -1.03. The minimum absolute atomic E-state index is 0.283. The van der Waals surface area contributed by atoms with Crippen LogP contribution in [0.15, 0.2) is 30.3 Å². The van der Waals surface area contributed by atoms with Crippen LogP contribution in [0.1, 0.15) is 27.5 Å². The Morgan fingerprint density at radius 1 is 1.55 bits per heavy atom. The summed E-state index contributed by atoms with van der Waals surface area (Å²) in [5, 5.41) is 8.82. The van der Waals surface area contributed by atoms with E-state index in [-0.39, 0.29) is 6.61 Å². The van der Waals surface area contributed by atoms with Gasteiger partial charge in [-0.3, -0.25) is 0 Å². The van der Waals surface area contributed by atoms with Gasteiger partial charge in [-0.25, -0.2) is 0 Å². The molecule has 0 bridgehead atoms. The number of aliphatic hydroxyl groups excluding tert-OH is 1. The Labute approximate surface area is 70.5 Å². The van der Waals surface area contributed by atoms with Crippen molar-refractivity contribution in [3.8, 4) is 0 Å². The van der Waals surface area contributed by atoms with Crippen molar-refractivity contribution in [3.63, 3.8) is 0 Å². The second-order valence-corrected chi connectivity index (χ2v) is 2.44. The molecule has 0 aliphatic carbocycles. The number of rotatable bonds is 3. The predicted molar refractivity (Wildman–Crippen MR) is 46.6 cm³/mol. The molecule has 0 saturated heterocycles. The van der Waals surface area contributed by atoms with Gasteiger partial charge in [0.1, 0.15) is 0 Å². The van der Waals surface area contributed by atoms with E-state index in [1.807, 2.05) is 30.3 Å². The highest BCUT2D eigenvalue weighted by Gasteiger charge is 2.01. The van der Waals surface area contributed by atoms with Gasteiger partial charge in [0.25, 0.3) is 0 Å². The summed E-state index contributed by atoms with van der Waals surface area (Å²) in [5.41, 5.74) is 0.768. The number of hydrogen-bond acceptors (Lipinski definition) is 1. The SMILES string of the molecule is [2H][C@@H](CO)[C@]([2H])(C)c1ccccc1. The second-order valence-electron chi connectivity index (χ2n) is 2.44. The fourth-order valence-electron chi connectivity index (χ4n) is 0.956. The Hall–Kier alpha value is -0.820. The van der Waals surface area contributed by atoms with Crippen LogP contribution < -0.4 is 0 Å². The maximum Gasteiger partial charge on any atom is 0.0436 e. The van der Waals surface area contributed by atoms with Crippen LogP contribution in [0, 0.1) is 0 Å². The van der Waals surface area contributed by atoms with Crippen molar-refractivity contribution in [1.29, 1.82) is 0 Å². The zero-order valence-electron chi connectivity index (χ0n) is 8.62. The van der Waals surface area contributed by atoms with Crippen molar-refractivity contribution in [2.45, 2.75) is 19.2 Å². The molecule has 0 aliphatic rings. The molecule has 0 radical (unpaired) electrons. The van der Waals surface area contributed by atoms with E-state index in [4.69, 9.17) is 7.85 Å². The first kappa shape index (κ1) is 5.78. The van der Waals surface area contributed by atoms with Crippen molar-refractivity contribution in [2.24, 2.45) is 0 Å². The molecule has 2 atom stereocenters. The van der Waals surface area contributed by atoms with Gasteiger partial charge in [0, 0.05) is 9.35 Å². The monoisotopic (exact) mass is 152 g/mol. The Morgan fingerprint density at radius 2 is 2.18 bits per heavy atom. The Bertz CT molecular complexity index is 259. The van der Waals surface area contributed by atoms with E-state index in [2.05, 4.69) is 0 Å². The van der Waals surface area contributed by atoms with Gasteiger partial charge in [-0.15, -0.1) is 0 Å². The summed E-state index contributed by atoms with van der Waals surface area (Å²) in [5.74, 6) is -1.03. The molecule has 0 aliphatic heterocycles. The van der Waals surface area contributed by atoms with E-state index in [0.29, 0.717) is 0 Å². The van der Waals surface area contributed by atoms with Crippen LogP contribution in [0.2, 0.25) is 0 Å². The molecule has 1 aromatic rings. The Kier molecular flexibility index (Phi) is 2.18. The normalized spacial score (nSPS) is 21.3. The Morgan fingerprint density at radius 3 is 2.73 bits per heavy atom. The van der Waals surface area contributed by atoms with Crippen molar-refractivity contribution >= 4 is 0 Å². The minimum Gasteiger partial charge on any atom is -0.396 e. The van der Waals surface area contributed by atoms with Gasteiger partial charge in [-0.2, -0.15) is 0 Å². The molecule has 1 N–H and O–H groups in total. The van der Waals surface area contributed by atoms with Crippen LogP contribution >= 0.6 is 0 Å². The summed E-state index contributed by atoms with van der Waals surface area (Å²) in [6, 6.07) is 9.17. The first-order valence-corrected chi connectivity index (χ1v) is 3.67. The molecule has 1 aromatic carbocycles. The van der Waals surface area contributed by atoms with Gasteiger partial charge in [0.2, 0.25) is 0 Å². The van der Waals surface area contributed by atoms with Crippen LogP contribution in [0.3, 0.4) is 0 Å². The fraction of sp³-hybridized carbons (Fsp3) is 0.400. The van der Waals surface area contributed by atoms with Crippen LogP contribution in [-0.2, 0) is 0 Å². The summed E-state index contributed by atoms with van der Waals surface area (Å²) in [6.07, 6.45) is -0.796. The molecule has 0 heterocycles. The highest BCUT2D eigenvalue weighted by Crippen LogP contribution is 2.17. The third-order valence-corrected chi connectivity index (χ3v) is 1.63. The van der Waals surface area contributed by atoms with Crippen molar-refractivity contribution in [2.75, 3.05) is 6.61 Å². The van der Waals surface area contributed by atoms with Gasteiger partial charge in [0.15, 0.2) is 0 Å². The molecular formula is C10H14O. The summed E-state index contributed by atoms with van der Waals surface area (Å²) in [7, 11) is 0. The molecule has 11 heavy (non-hydrogen) atoms. The molecule has 0 saturated carbocycles. The summed E-state index contributed by atoms with van der Waals surface area (Å²) in [4.78, 5) is 0. The average molecular weight is 152 g/mol. The highest BCUT2D eigenvalue weighted by molar-refractivity contribution is 5.18. The number of aliphatic hydroxyl groups is 1. The molecule has 0 amide bonds. The lowest BCUT2D eigenvalue weighted by Gasteiger charge is -2.08. The second kappa shape index (κ2) is 4.14. The zero-order valence-corrected chi connectivity index (χ0v) is 6.62. The lowest BCUT2D eigenvalue weighted by Crippen LogP contribution is -1.95. The first-order chi connectivity index (χ1) is 6.09. The van der Waals surface area contributed by atoms with Crippen LogP contribution in [-0.4, -0.2) is 11.7 Å². The van der Waals surface area contributed by atoms with E-state index in [9.17, 15) is 0 Å². The molecule has 1 heteroatoms. The Balaban J connectivity index is 2.93. The van der Waals surface area contributed by atoms with Gasteiger partial charge >= 0.3 is 0 Å². The first-order valence-electron chi connectivity index (χ1n) is 4.75. The molecule has 0 fully saturated rings. The standard InChI is InChI=1S/C10H14O/c1-9(7-8-11)10-5-3-2-4-6-10/h2-6,9,11H,7-8H2,1H3/t9-/m0/s1/i7D,9D/t7-,9-. The summed E-state index contributed by atoms with van der Waals surface area (Å²) < 4.78 is 15.4. The summed E-state index contributed by atoms with van der Waals surface area (Å²) in [6.45, 7) is 1.37. The van der Waals surface area contributed by atoms with Crippen molar-refractivity contribution in [1.82, 2.24) is 0 Å². The van der Waals surface area contributed by atoms with Gasteiger partial charge in [0.05, 0.1) is 0 Å². The maximum atomic E-state index is 8.82. The molecule has 1 rings (SSSR count). The van der Waals surface area contributed by atoms with E-state index in [0.717, 1.165) is 5.56 Å². The van der Waals surface area contributed by atoms with E-state index in [1.54, 1.807) is 6.92 Å².